The van der Waals surface area contributed by atoms with Crippen LogP contribution in [-0.4, -0.2) is 62.1 Å². The fourth-order valence-electron chi connectivity index (χ4n) is 4.38. The summed E-state index contributed by atoms with van der Waals surface area (Å²) in [5, 5.41) is 10.9. The molecule has 2 aliphatic rings. The Hall–Kier alpha value is -2.80. The van der Waals surface area contributed by atoms with Crippen LogP contribution in [0.4, 0.5) is 0 Å². The highest BCUT2D eigenvalue weighted by atomic mass is 16.2. The number of benzene rings is 1. The highest BCUT2D eigenvalue weighted by molar-refractivity contribution is 6.05. The molecular weight excluding hydrogens is 352 g/mol. The molecular formula is C21H24N6O. The van der Waals surface area contributed by atoms with Crippen LogP contribution in [0.15, 0.2) is 36.5 Å². The van der Waals surface area contributed by atoms with Gasteiger partial charge in [-0.25, -0.2) is 0 Å². The van der Waals surface area contributed by atoms with Crippen LogP contribution in [0.5, 0.6) is 0 Å². The second-order valence-corrected chi connectivity index (χ2v) is 7.81. The van der Waals surface area contributed by atoms with Gasteiger partial charge in [-0.05, 0) is 31.3 Å². The van der Waals surface area contributed by atoms with E-state index in [0.717, 1.165) is 68.0 Å². The van der Waals surface area contributed by atoms with E-state index in [0.29, 0.717) is 11.6 Å². The van der Waals surface area contributed by atoms with Gasteiger partial charge in [-0.2, -0.15) is 0 Å². The number of pyridine rings is 1. The van der Waals surface area contributed by atoms with Gasteiger partial charge in [0.15, 0.2) is 0 Å². The Morgan fingerprint density at radius 1 is 1.04 bits per heavy atom. The zero-order valence-electron chi connectivity index (χ0n) is 16.1. The number of aromatic nitrogens is 4. The second kappa shape index (κ2) is 6.98. The molecule has 1 amide bonds. The molecule has 144 valence electrons. The summed E-state index contributed by atoms with van der Waals surface area (Å²) in [5.74, 6) is 2.55. The largest absolute Gasteiger partial charge is 0.337 e. The molecule has 0 aliphatic carbocycles. The zero-order valence-corrected chi connectivity index (χ0v) is 16.1. The maximum atomic E-state index is 13.1. The molecule has 2 aliphatic heterocycles. The van der Waals surface area contributed by atoms with Crippen LogP contribution in [0.3, 0.4) is 0 Å². The molecule has 28 heavy (non-hydrogen) atoms. The lowest BCUT2D eigenvalue weighted by Crippen LogP contribution is -2.39. The van der Waals surface area contributed by atoms with Crippen molar-refractivity contribution < 1.29 is 4.79 Å². The number of fused-ring (bicyclic) bond motifs is 2. The third-order valence-electron chi connectivity index (χ3n) is 6.00. The minimum Gasteiger partial charge on any atom is -0.337 e. The first kappa shape index (κ1) is 17.3. The molecule has 0 spiro atoms. The Labute approximate surface area is 164 Å². The van der Waals surface area contributed by atoms with E-state index in [1.165, 1.54) is 0 Å². The van der Waals surface area contributed by atoms with Crippen molar-refractivity contribution in [2.24, 2.45) is 0 Å². The Kier molecular flexibility index (Phi) is 4.31. The topological polar surface area (TPSA) is 67.2 Å². The SMILES string of the molecule is CN1CCn2c(nnc2C2CCN(C(=O)c3nccc4ccccc34)CC2)C1. The molecule has 7 heteroatoms. The van der Waals surface area contributed by atoms with Crippen LogP contribution in [-0.2, 0) is 13.1 Å². The summed E-state index contributed by atoms with van der Waals surface area (Å²) < 4.78 is 2.29. The molecule has 0 unspecified atom stereocenters. The Balaban J connectivity index is 1.32. The van der Waals surface area contributed by atoms with E-state index in [4.69, 9.17) is 0 Å². The maximum Gasteiger partial charge on any atom is 0.273 e. The van der Waals surface area contributed by atoms with Gasteiger partial charge in [0.05, 0.1) is 6.54 Å². The van der Waals surface area contributed by atoms with Crippen LogP contribution in [0.1, 0.15) is 40.9 Å². The van der Waals surface area contributed by atoms with Gasteiger partial charge in [0, 0.05) is 43.7 Å². The summed E-state index contributed by atoms with van der Waals surface area (Å²) in [6, 6.07) is 9.88. The summed E-state index contributed by atoms with van der Waals surface area (Å²) >= 11 is 0. The Morgan fingerprint density at radius 3 is 2.71 bits per heavy atom. The Bertz CT molecular complexity index is 1020. The monoisotopic (exact) mass is 376 g/mol. The molecule has 0 bridgehead atoms. The van der Waals surface area contributed by atoms with Gasteiger partial charge >= 0.3 is 0 Å². The molecule has 2 aromatic heterocycles. The molecule has 7 nitrogen and oxygen atoms in total. The standard InChI is InChI=1S/C21H24N6O/c1-25-12-13-27-18(14-25)23-24-20(27)16-7-10-26(11-8-16)21(28)19-17-5-3-2-4-15(17)6-9-22-19/h2-6,9,16H,7-8,10-14H2,1H3. The molecule has 5 rings (SSSR count). The van der Waals surface area contributed by atoms with Crippen molar-refractivity contribution >= 4 is 16.7 Å². The van der Waals surface area contributed by atoms with Crippen molar-refractivity contribution in [1.82, 2.24) is 29.5 Å². The van der Waals surface area contributed by atoms with E-state index in [1.54, 1.807) is 6.20 Å². The van der Waals surface area contributed by atoms with Gasteiger partial charge in [0.25, 0.3) is 5.91 Å². The lowest BCUT2D eigenvalue weighted by atomic mass is 9.95. The smallest absolute Gasteiger partial charge is 0.273 e. The number of carbonyl (C=O) groups is 1. The van der Waals surface area contributed by atoms with Crippen molar-refractivity contribution in [2.45, 2.75) is 31.8 Å². The number of rotatable bonds is 2. The summed E-state index contributed by atoms with van der Waals surface area (Å²) in [5.41, 5.74) is 0.555. The highest BCUT2D eigenvalue weighted by Crippen LogP contribution is 2.29. The van der Waals surface area contributed by atoms with Gasteiger partial charge in [0.1, 0.15) is 17.3 Å². The second-order valence-electron chi connectivity index (χ2n) is 7.81. The average molecular weight is 376 g/mol. The summed E-state index contributed by atoms with van der Waals surface area (Å²) in [4.78, 5) is 21.7. The average Bonchev–Trinajstić information content (AvgIpc) is 3.16. The van der Waals surface area contributed by atoms with E-state index >= 15 is 0 Å². The fourth-order valence-corrected chi connectivity index (χ4v) is 4.38. The summed E-state index contributed by atoms with van der Waals surface area (Å²) in [6.07, 6.45) is 3.57. The number of piperidine rings is 1. The lowest BCUT2D eigenvalue weighted by molar-refractivity contribution is 0.0706. The minimum absolute atomic E-state index is 0.0279. The first-order valence-electron chi connectivity index (χ1n) is 9.94. The zero-order chi connectivity index (χ0) is 19.1. The van der Waals surface area contributed by atoms with Crippen LogP contribution in [0.2, 0.25) is 0 Å². The van der Waals surface area contributed by atoms with Crippen molar-refractivity contribution in [3.63, 3.8) is 0 Å². The van der Waals surface area contributed by atoms with Crippen molar-refractivity contribution in [3.8, 4) is 0 Å². The maximum absolute atomic E-state index is 13.1. The van der Waals surface area contributed by atoms with E-state index in [2.05, 4.69) is 31.7 Å². The van der Waals surface area contributed by atoms with E-state index in [-0.39, 0.29) is 5.91 Å². The van der Waals surface area contributed by atoms with Gasteiger partial charge in [0.2, 0.25) is 0 Å². The number of nitrogens with zero attached hydrogens (tertiary/aromatic N) is 6. The molecule has 0 N–H and O–H groups in total. The number of hydrogen-bond donors (Lipinski definition) is 0. The predicted octanol–water partition coefficient (Wildman–Crippen LogP) is 2.29. The molecule has 4 heterocycles. The summed E-state index contributed by atoms with van der Waals surface area (Å²) in [6.45, 7) is 4.30. The molecule has 0 radical (unpaired) electrons. The molecule has 1 fully saturated rings. The normalized spacial score (nSPS) is 18.4. The van der Waals surface area contributed by atoms with Crippen molar-refractivity contribution in [2.75, 3.05) is 26.7 Å². The molecule has 1 saturated heterocycles. The van der Waals surface area contributed by atoms with Crippen LogP contribution in [0, 0.1) is 0 Å². The first-order valence-corrected chi connectivity index (χ1v) is 9.94. The molecule has 0 atom stereocenters. The van der Waals surface area contributed by atoms with E-state index in [1.807, 2.05) is 35.2 Å². The summed E-state index contributed by atoms with van der Waals surface area (Å²) in [7, 11) is 2.11. The third kappa shape index (κ3) is 2.96. The van der Waals surface area contributed by atoms with E-state index in [9.17, 15) is 4.79 Å². The molecule has 3 aromatic rings. The van der Waals surface area contributed by atoms with Gasteiger partial charge in [-0.3, -0.25) is 14.7 Å². The van der Waals surface area contributed by atoms with Crippen LogP contribution < -0.4 is 0 Å². The van der Waals surface area contributed by atoms with Crippen LogP contribution >= 0.6 is 0 Å². The van der Waals surface area contributed by atoms with Gasteiger partial charge in [-0.15, -0.1) is 10.2 Å². The van der Waals surface area contributed by atoms with E-state index < -0.39 is 0 Å². The molecule has 1 aromatic carbocycles. The highest BCUT2D eigenvalue weighted by Gasteiger charge is 2.30. The van der Waals surface area contributed by atoms with Gasteiger partial charge < -0.3 is 9.47 Å². The number of amides is 1. The number of hydrogen-bond acceptors (Lipinski definition) is 5. The quantitative estimate of drug-likeness (QED) is 0.687. The van der Waals surface area contributed by atoms with Gasteiger partial charge in [-0.1, -0.05) is 24.3 Å². The molecule has 0 saturated carbocycles. The third-order valence-corrected chi connectivity index (χ3v) is 6.00. The number of carbonyl (C=O) groups excluding carboxylic acids is 1. The Morgan fingerprint density at radius 2 is 1.86 bits per heavy atom. The number of likely N-dealkylation sites (N-methyl/N-ethyl adjacent to an activating group) is 1. The van der Waals surface area contributed by atoms with Crippen molar-refractivity contribution in [3.05, 3.63) is 53.9 Å². The van der Waals surface area contributed by atoms with Crippen molar-refractivity contribution in [1.29, 1.82) is 0 Å². The number of likely N-dealkylation sites (tertiary alicyclic amines) is 1. The predicted molar refractivity (Wildman–Crippen MR) is 106 cm³/mol. The fraction of sp³-hybridized carbons (Fsp3) is 0.429. The minimum atomic E-state index is 0.0279. The first-order chi connectivity index (χ1) is 13.7. The van der Waals surface area contributed by atoms with Crippen LogP contribution in [0.25, 0.3) is 10.8 Å². The lowest BCUT2D eigenvalue weighted by Gasteiger charge is -2.32.